The normalized spacial score (nSPS) is 27.9. The van der Waals surface area contributed by atoms with E-state index >= 15 is 0 Å². The number of rotatable bonds is 10. The minimum absolute atomic E-state index is 0.736. The molecule has 2 saturated carbocycles. The molecule has 0 N–H and O–H groups in total. The zero-order chi connectivity index (χ0) is 20.3. The highest BCUT2D eigenvalue weighted by Gasteiger charge is 2.31. The van der Waals surface area contributed by atoms with Crippen molar-refractivity contribution >= 4 is 0 Å². The third-order valence-corrected chi connectivity index (χ3v) is 7.49. The van der Waals surface area contributed by atoms with Crippen molar-refractivity contribution in [1.29, 1.82) is 0 Å². The molecule has 0 unspecified atom stereocenters. The van der Waals surface area contributed by atoms with Gasteiger partial charge in [-0.1, -0.05) is 55.3 Å². The van der Waals surface area contributed by atoms with Crippen molar-refractivity contribution in [1.82, 2.24) is 0 Å². The number of hydrogen-bond donors (Lipinski definition) is 0. The molecule has 2 fully saturated rings. The van der Waals surface area contributed by atoms with Crippen LogP contribution in [0, 0.1) is 17.8 Å². The van der Waals surface area contributed by atoms with Gasteiger partial charge in [-0.15, -0.1) is 6.58 Å². The fraction of sp³-hybridized carbons (Fsp3) is 0.643. The van der Waals surface area contributed by atoms with Crippen LogP contribution in [0.5, 0.6) is 0 Å². The highest BCUT2D eigenvalue weighted by molar-refractivity contribution is 5.25. The Morgan fingerprint density at radius 2 is 1.55 bits per heavy atom. The predicted molar refractivity (Wildman–Crippen MR) is 125 cm³/mol. The lowest BCUT2D eigenvalue weighted by molar-refractivity contribution is 0.125. The molecule has 0 saturated heterocycles. The molecule has 0 aliphatic heterocycles. The van der Waals surface area contributed by atoms with E-state index in [1.807, 2.05) is 0 Å². The van der Waals surface area contributed by atoms with Crippen molar-refractivity contribution in [3.63, 3.8) is 0 Å². The van der Waals surface area contributed by atoms with E-state index < -0.39 is 0 Å². The van der Waals surface area contributed by atoms with E-state index in [0.29, 0.717) is 0 Å². The molecule has 1 aromatic carbocycles. The summed E-state index contributed by atoms with van der Waals surface area (Å²) in [5.41, 5.74) is 2.85. The van der Waals surface area contributed by atoms with Crippen LogP contribution in [-0.4, -0.2) is 6.61 Å². The summed E-state index contributed by atoms with van der Waals surface area (Å²) in [6.07, 6.45) is 21.5. The lowest BCUT2D eigenvalue weighted by atomic mass is 9.68. The molecule has 0 spiro atoms. The monoisotopic (exact) mass is 394 g/mol. The maximum atomic E-state index is 5.76. The van der Waals surface area contributed by atoms with Gasteiger partial charge >= 0.3 is 0 Å². The van der Waals surface area contributed by atoms with Crippen molar-refractivity contribution in [3.8, 4) is 0 Å². The van der Waals surface area contributed by atoms with Crippen LogP contribution >= 0.6 is 0 Å². The predicted octanol–water partition coefficient (Wildman–Crippen LogP) is 8.22. The molecule has 0 atom stereocenters. The molecule has 1 nitrogen and oxygen atoms in total. The second kappa shape index (κ2) is 12.4. The molecule has 1 aromatic rings. The lowest BCUT2D eigenvalue weighted by Gasteiger charge is -2.38. The van der Waals surface area contributed by atoms with Gasteiger partial charge in [-0.25, -0.2) is 0 Å². The summed E-state index contributed by atoms with van der Waals surface area (Å²) in [4.78, 5) is 0. The van der Waals surface area contributed by atoms with Crippen LogP contribution in [0.25, 0.3) is 0 Å². The minimum atomic E-state index is 0.736. The third-order valence-electron chi connectivity index (χ3n) is 7.49. The molecule has 2 aliphatic carbocycles. The summed E-state index contributed by atoms with van der Waals surface area (Å²) < 4.78 is 5.76. The maximum Gasteiger partial charge on any atom is 0.0717 e. The van der Waals surface area contributed by atoms with Crippen molar-refractivity contribution < 1.29 is 4.74 Å². The SMILES string of the molecule is C=CCC[C@H]1CC[C@H]([C@H]2CC[C@H](c3ccc(COCCC=CC)cc3)CC2)CC1. The Bertz CT molecular complexity index is 598. The van der Waals surface area contributed by atoms with E-state index in [-0.39, 0.29) is 0 Å². The summed E-state index contributed by atoms with van der Waals surface area (Å²) in [5, 5.41) is 0. The van der Waals surface area contributed by atoms with E-state index in [2.05, 4.69) is 56.0 Å². The highest BCUT2D eigenvalue weighted by Crippen LogP contribution is 2.44. The van der Waals surface area contributed by atoms with Crippen molar-refractivity contribution in [2.75, 3.05) is 6.61 Å². The van der Waals surface area contributed by atoms with Crippen LogP contribution in [0.15, 0.2) is 49.1 Å². The van der Waals surface area contributed by atoms with Crippen molar-refractivity contribution in [2.45, 2.75) is 90.1 Å². The van der Waals surface area contributed by atoms with Gasteiger partial charge in [0.2, 0.25) is 0 Å². The summed E-state index contributed by atoms with van der Waals surface area (Å²) in [7, 11) is 0. The molecule has 160 valence electrons. The zero-order valence-electron chi connectivity index (χ0n) is 18.7. The van der Waals surface area contributed by atoms with Gasteiger partial charge in [0.25, 0.3) is 0 Å². The molecule has 0 heterocycles. The number of hydrogen-bond acceptors (Lipinski definition) is 1. The summed E-state index contributed by atoms with van der Waals surface area (Å²) >= 11 is 0. The van der Waals surface area contributed by atoms with Crippen LogP contribution in [0.3, 0.4) is 0 Å². The summed E-state index contributed by atoms with van der Waals surface area (Å²) in [5.74, 6) is 3.76. The van der Waals surface area contributed by atoms with Gasteiger partial charge in [-0.05, 0) is 99.5 Å². The van der Waals surface area contributed by atoms with Gasteiger partial charge < -0.3 is 4.74 Å². The average Bonchev–Trinajstić information content (AvgIpc) is 2.78. The van der Waals surface area contributed by atoms with Crippen molar-refractivity contribution in [2.24, 2.45) is 17.8 Å². The molecule has 1 heteroatoms. The highest BCUT2D eigenvalue weighted by atomic mass is 16.5. The first-order valence-electron chi connectivity index (χ1n) is 12.2. The first kappa shape index (κ1) is 22.3. The Labute approximate surface area is 179 Å². The molecule has 0 aromatic heterocycles. The second-order valence-electron chi connectivity index (χ2n) is 9.41. The molecule has 29 heavy (non-hydrogen) atoms. The van der Waals surface area contributed by atoms with Crippen molar-refractivity contribution in [3.05, 3.63) is 60.2 Å². The van der Waals surface area contributed by atoms with Crippen LogP contribution in [0.2, 0.25) is 0 Å². The zero-order valence-corrected chi connectivity index (χ0v) is 18.7. The molecule has 0 radical (unpaired) electrons. The molecular formula is C28H42O. The molecule has 0 bridgehead atoms. The van der Waals surface area contributed by atoms with E-state index in [1.165, 1.54) is 69.8 Å². The van der Waals surface area contributed by atoms with Gasteiger partial charge in [-0.3, -0.25) is 0 Å². The lowest BCUT2D eigenvalue weighted by Crippen LogP contribution is -2.25. The molecule has 2 aliphatic rings. The van der Waals surface area contributed by atoms with E-state index in [1.54, 1.807) is 5.56 Å². The maximum absolute atomic E-state index is 5.76. The molecule has 3 rings (SSSR count). The number of benzene rings is 1. The fourth-order valence-corrected chi connectivity index (χ4v) is 5.62. The largest absolute Gasteiger partial charge is 0.376 e. The van der Waals surface area contributed by atoms with Crippen LogP contribution in [0.1, 0.15) is 94.6 Å². The Kier molecular flexibility index (Phi) is 9.54. The van der Waals surface area contributed by atoms with Gasteiger partial charge in [0, 0.05) is 0 Å². The number of ether oxygens (including phenoxy) is 1. The minimum Gasteiger partial charge on any atom is -0.376 e. The first-order valence-corrected chi connectivity index (χ1v) is 12.2. The number of allylic oxidation sites excluding steroid dienone is 2. The topological polar surface area (TPSA) is 9.23 Å². The van der Waals surface area contributed by atoms with Gasteiger partial charge in [0.05, 0.1) is 13.2 Å². The van der Waals surface area contributed by atoms with E-state index in [9.17, 15) is 0 Å². The molecule has 0 amide bonds. The second-order valence-corrected chi connectivity index (χ2v) is 9.41. The fourth-order valence-electron chi connectivity index (χ4n) is 5.62. The summed E-state index contributed by atoms with van der Waals surface area (Å²) in [6.45, 7) is 7.49. The Morgan fingerprint density at radius 1 is 0.897 bits per heavy atom. The van der Waals surface area contributed by atoms with Gasteiger partial charge in [0.15, 0.2) is 0 Å². The van der Waals surface area contributed by atoms with Crippen LogP contribution in [0.4, 0.5) is 0 Å². The van der Waals surface area contributed by atoms with Gasteiger partial charge in [0.1, 0.15) is 0 Å². The smallest absolute Gasteiger partial charge is 0.0717 e. The summed E-state index contributed by atoms with van der Waals surface area (Å²) in [6, 6.07) is 9.28. The van der Waals surface area contributed by atoms with E-state index in [0.717, 1.165) is 43.3 Å². The molecular weight excluding hydrogens is 352 g/mol. The Balaban J connectivity index is 1.37. The average molecular weight is 395 g/mol. The van der Waals surface area contributed by atoms with Gasteiger partial charge in [-0.2, -0.15) is 0 Å². The quantitative estimate of drug-likeness (QED) is 0.287. The van der Waals surface area contributed by atoms with Crippen LogP contribution < -0.4 is 0 Å². The third kappa shape index (κ3) is 7.14. The van der Waals surface area contributed by atoms with E-state index in [4.69, 9.17) is 4.74 Å². The van der Waals surface area contributed by atoms with Crippen LogP contribution in [-0.2, 0) is 11.3 Å². The standard InChI is InChI=1S/C28H42O/c1-3-5-7-21-29-22-24-11-15-26(16-12-24)28-19-17-27(18-20-28)25-13-9-23(10-14-25)8-6-4-2/h3-5,11-12,15-16,23,25,27-28H,2,6-10,13-14,17-22H2,1H3/t23-,25-,27-,28-. The Hall–Kier alpha value is -1.34. The first-order chi connectivity index (χ1) is 14.3. The Morgan fingerprint density at radius 3 is 2.17 bits per heavy atom.